The van der Waals surface area contributed by atoms with Crippen LogP contribution >= 0.6 is 0 Å². The van der Waals surface area contributed by atoms with Gasteiger partial charge in [0.25, 0.3) is 0 Å². The molecule has 0 aromatic heterocycles. The topological polar surface area (TPSA) is 76.1 Å². The fourth-order valence-corrected chi connectivity index (χ4v) is 2.74. The van der Waals surface area contributed by atoms with Crippen LogP contribution in [-0.4, -0.2) is 53.5 Å². The average Bonchev–Trinajstić information content (AvgIpc) is 2.24. The van der Waals surface area contributed by atoms with E-state index in [9.17, 15) is 9.59 Å². The molecule has 1 N–H and O–H groups in total. The van der Waals surface area contributed by atoms with Crippen molar-refractivity contribution in [3.63, 3.8) is 0 Å². The number of carboxylic acid groups (broad SMARTS) is 1. The minimum absolute atomic E-state index is 0.00586. The lowest BCUT2D eigenvalue weighted by Crippen LogP contribution is -2.62. The van der Waals surface area contributed by atoms with Gasteiger partial charge in [-0.3, -0.25) is 4.79 Å². The molecule has 114 valence electrons. The summed E-state index contributed by atoms with van der Waals surface area (Å²) in [6.07, 6.45) is 1.24. The lowest BCUT2D eigenvalue weighted by atomic mass is 9.74. The van der Waals surface area contributed by atoms with E-state index in [4.69, 9.17) is 14.6 Å². The van der Waals surface area contributed by atoms with Gasteiger partial charge in [-0.25, -0.2) is 4.79 Å². The molecule has 1 unspecified atom stereocenters. The van der Waals surface area contributed by atoms with Gasteiger partial charge in [0.15, 0.2) is 0 Å². The number of carboxylic acids is 1. The quantitative estimate of drug-likeness (QED) is 0.838. The molecule has 6 heteroatoms. The second kappa shape index (κ2) is 5.24. The van der Waals surface area contributed by atoms with Gasteiger partial charge < -0.3 is 19.5 Å². The molecule has 2 aliphatic heterocycles. The minimum atomic E-state index is -0.824. The Bertz CT molecular complexity index is 385. The SMILES string of the molecule is CC(C)(C)OC(=O)N1CC2(CCC(CC(=O)O)OC2)C1. The van der Waals surface area contributed by atoms with Gasteiger partial charge >= 0.3 is 12.1 Å². The molecule has 0 bridgehead atoms. The van der Waals surface area contributed by atoms with E-state index >= 15 is 0 Å². The Labute approximate surface area is 119 Å². The number of nitrogens with zero attached hydrogens (tertiary/aromatic N) is 1. The summed E-state index contributed by atoms with van der Waals surface area (Å²) >= 11 is 0. The van der Waals surface area contributed by atoms with E-state index in [1.807, 2.05) is 20.8 Å². The second-order valence-electron chi connectivity index (χ2n) is 6.91. The van der Waals surface area contributed by atoms with Crippen molar-refractivity contribution in [1.82, 2.24) is 4.90 Å². The van der Waals surface area contributed by atoms with Gasteiger partial charge in [0.1, 0.15) is 5.60 Å². The maximum Gasteiger partial charge on any atom is 0.410 e. The summed E-state index contributed by atoms with van der Waals surface area (Å²) < 4.78 is 10.9. The van der Waals surface area contributed by atoms with Crippen molar-refractivity contribution in [2.45, 2.75) is 51.7 Å². The number of carbonyl (C=O) groups is 2. The molecule has 2 aliphatic rings. The molecule has 0 radical (unpaired) electrons. The van der Waals surface area contributed by atoms with Crippen LogP contribution in [0.15, 0.2) is 0 Å². The number of hydrogen-bond donors (Lipinski definition) is 1. The predicted octanol–water partition coefficient (Wildman–Crippen LogP) is 1.88. The maximum absolute atomic E-state index is 11.9. The van der Waals surface area contributed by atoms with Crippen LogP contribution in [-0.2, 0) is 14.3 Å². The van der Waals surface area contributed by atoms with Crippen molar-refractivity contribution in [2.24, 2.45) is 5.41 Å². The van der Waals surface area contributed by atoms with Gasteiger partial charge in [-0.05, 0) is 33.6 Å². The Hall–Kier alpha value is -1.30. The number of rotatable bonds is 2. The van der Waals surface area contributed by atoms with E-state index in [0.717, 1.165) is 12.8 Å². The van der Waals surface area contributed by atoms with Crippen LogP contribution < -0.4 is 0 Å². The van der Waals surface area contributed by atoms with Gasteiger partial charge in [-0.1, -0.05) is 0 Å². The molecule has 0 aliphatic carbocycles. The fourth-order valence-electron chi connectivity index (χ4n) is 2.74. The summed E-state index contributed by atoms with van der Waals surface area (Å²) in [4.78, 5) is 24.2. The molecule has 0 aromatic rings. The van der Waals surface area contributed by atoms with E-state index in [1.165, 1.54) is 0 Å². The number of ether oxygens (including phenoxy) is 2. The third-order valence-electron chi connectivity index (χ3n) is 3.73. The van der Waals surface area contributed by atoms with E-state index in [2.05, 4.69) is 0 Å². The Morgan fingerprint density at radius 3 is 2.50 bits per heavy atom. The molecular weight excluding hydrogens is 262 g/mol. The molecule has 0 saturated carbocycles. The lowest BCUT2D eigenvalue weighted by molar-refractivity contribution is -0.151. The highest BCUT2D eigenvalue weighted by molar-refractivity contribution is 5.69. The van der Waals surface area contributed by atoms with Crippen molar-refractivity contribution in [2.75, 3.05) is 19.7 Å². The zero-order valence-corrected chi connectivity index (χ0v) is 12.3. The molecule has 2 rings (SSSR count). The van der Waals surface area contributed by atoms with Gasteiger partial charge in [-0.2, -0.15) is 0 Å². The van der Waals surface area contributed by atoms with Crippen LogP contribution in [0.4, 0.5) is 4.79 Å². The van der Waals surface area contributed by atoms with E-state index in [0.29, 0.717) is 19.7 Å². The molecule has 6 nitrogen and oxygen atoms in total. The standard InChI is InChI=1S/C14H23NO5/c1-13(2,3)20-12(18)15-7-14(8-15)5-4-10(19-9-14)6-11(16)17/h10H,4-9H2,1-3H3,(H,16,17). The molecule has 2 saturated heterocycles. The third-order valence-corrected chi connectivity index (χ3v) is 3.73. The van der Waals surface area contributed by atoms with Crippen molar-refractivity contribution in [1.29, 1.82) is 0 Å². The smallest absolute Gasteiger partial charge is 0.410 e. The zero-order valence-electron chi connectivity index (χ0n) is 12.3. The number of carbonyl (C=O) groups excluding carboxylic acids is 1. The summed E-state index contributed by atoms with van der Waals surface area (Å²) in [5, 5.41) is 8.74. The van der Waals surface area contributed by atoms with Crippen molar-refractivity contribution >= 4 is 12.1 Å². The molecule has 2 fully saturated rings. The lowest BCUT2D eigenvalue weighted by Gasteiger charge is -2.52. The first kappa shape index (κ1) is 15.1. The Balaban J connectivity index is 1.76. The summed E-state index contributed by atoms with van der Waals surface area (Å²) in [5.41, 5.74) is -0.471. The average molecular weight is 285 g/mol. The van der Waals surface area contributed by atoms with Crippen LogP contribution in [0.2, 0.25) is 0 Å². The largest absolute Gasteiger partial charge is 0.481 e. The second-order valence-corrected chi connectivity index (χ2v) is 6.91. The molecule has 1 amide bonds. The van der Waals surface area contributed by atoms with Gasteiger partial charge in [0.05, 0.1) is 19.1 Å². The van der Waals surface area contributed by atoms with Gasteiger partial charge in [0, 0.05) is 18.5 Å². The van der Waals surface area contributed by atoms with E-state index in [1.54, 1.807) is 4.90 Å². The first-order chi connectivity index (χ1) is 9.19. The summed E-state index contributed by atoms with van der Waals surface area (Å²) in [5.74, 6) is -0.824. The van der Waals surface area contributed by atoms with Crippen LogP contribution in [0.1, 0.15) is 40.0 Å². The first-order valence-corrected chi connectivity index (χ1v) is 7.00. The van der Waals surface area contributed by atoms with Gasteiger partial charge in [0.2, 0.25) is 0 Å². The van der Waals surface area contributed by atoms with E-state index < -0.39 is 11.6 Å². The highest BCUT2D eigenvalue weighted by atomic mass is 16.6. The maximum atomic E-state index is 11.9. The van der Waals surface area contributed by atoms with E-state index in [-0.39, 0.29) is 24.0 Å². The molecule has 0 aromatic carbocycles. The normalized spacial score (nSPS) is 25.1. The molecule has 20 heavy (non-hydrogen) atoms. The Morgan fingerprint density at radius 1 is 1.40 bits per heavy atom. The molecule has 1 spiro atoms. The molecule has 2 heterocycles. The number of aliphatic carboxylic acids is 1. The van der Waals surface area contributed by atoms with Crippen molar-refractivity contribution in [3.05, 3.63) is 0 Å². The fraction of sp³-hybridized carbons (Fsp3) is 0.857. The van der Waals surface area contributed by atoms with Crippen molar-refractivity contribution in [3.8, 4) is 0 Å². The van der Waals surface area contributed by atoms with Crippen LogP contribution in [0.5, 0.6) is 0 Å². The Kier molecular flexibility index (Phi) is 3.95. The number of hydrogen-bond acceptors (Lipinski definition) is 4. The molecule has 1 atom stereocenters. The predicted molar refractivity (Wildman–Crippen MR) is 71.5 cm³/mol. The van der Waals surface area contributed by atoms with Crippen molar-refractivity contribution < 1.29 is 24.2 Å². The number of likely N-dealkylation sites (tertiary alicyclic amines) is 1. The monoisotopic (exact) mass is 285 g/mol. The third kappa shape index (κ3) is 3.62. The summed E-state index contributed by atoms with van der Waals surface area (Å²) in [6.45, 7) is 7.36. The summed E-state index contributed by atoms with van der Waals surface area (Å²) in [7, 11) is 0. The highest BCUT2D eigenvalue weighted by Gasteiger charge is 2.48. The minimum Gasteiger partial charge on any atom is -0.481 e. The highest BCUT2D eigenvalue weighted by Crippen LogP contribution is 2.40. The van der Waals surface area contributed by atoms with Gasteiger partial charge in [-0.15, -0.1) is 0 Å². The first-order valence-electron chi connectivity index (χ1n) is 7.00. The van der Waals surface area contributed by atoms with Crippen LogP contribution in [0.3, 0.4) is 0 Å². The Morgan fingerprint density at radius 2 is 2.05 bits per heavy atom. The van der Waals surface area contributed by atoms with Crippen LogP contribution in [0.25, 0.3) is 0 Å². The van der Waals surface area contributed by atoms with Crippen LogP contribution in [0, 0.1) is 5.41 Å². The number of amides is 1. The zero-order chi connectivity index (χ0) is 15.0. The summed E-state index contributed by atoms with van der Waals surface area (Å²) in [6, 6.07) is 0. The molecular formula is C14H23NO5.